The molecule has 0 aromatic heterocycles. The van der Waals surface area contributed by atoms with E-state index in [0.717, 1.165) is 5.69 Å². The summed E-state index contributed by atoms with van der Waals surface area (Å²) in [6.07, 6.45) is 4.87. The van der Waals surface area contributed by atoms with Gasteiger partial charge in [0.05, 0.1) is 18.8 Å². The van der Waals surface area contributed by atoms with Gasteiger partial charge in [-0.1, -0.05) is 12.8 Å². The van der Waals surface area contributed by atoms with Crippen molar-refractivity contribution in [1.82, 2.24) is 0 Å². The van der Waals surface area contributed by atoms with Crippen molar-refractivity contribution in [2.75, 3.05) is 25.1 Å². The summed E-state index contributed by atoms with van der Waals surface area (Å²) in [7, 11) is 0. The standard InChI is InChI=1S/C15H21NO3/c17-10-9-16-14-7-5-13(6-8-14)15(18)19-11-12-3-1-2-4-12/h5-8,12,16-17H,1-4,9-11H2. The van der Waals surface area contributed by atoms with Crippen LogP contribution < -0.4 is 5.32 Å². The number of carbonyl (C=O) groups excluding carboxylic acids is 1. The maximum atomic E-state index is 11.8. The van der Waals surface area contributed by atoms with Crippen molar-refractivity contribution >= 4 is 11.7 Å². The number of hydrogen-bond donors (Lipinski definition) is 2. The summed E-state index contributed by atoms with van der Waals surface area (Å²) in [5.41, 5.74) is 1.47. The lowest BCUT2D eigenvalue weighted by Gasteiger charge is -2.10. The van der Waals surface area contributed by atoms with Crippen molar-refractivity contribution < 1.29 is 14.6 Å². The smallest absolute Gasteiger partial charge is 0.338 e. The van der Waals surface area contributed by atoms with Crippen LogP contribution in [0.3, 0.4) is 0 Å². The number of esters is 1. The molecule has 1 saturated carbocycles. The van der Waals surface area contributed by atoms with Gasteiger partial charge < -0.3 is 15.2 Å². The summed E-state index contributed by atoms with van der Waals surface area (Å²) in [4.78, 5) is 11.8. The van der Waals surface area contributed by atoms with Crippen LogP contribution in [0.2, 0.25) is 0 Å². The zero-order valence-corrected chi connectivity index (χ0v) is 11.1. The Morgan fingerprint density at radius 3 is 2.58 bits per heavy atom. The summed E-state index contributed by atoms with van der Waals surface area (Å²) < 4.78 is 5.33. The SMILES string of the molecule is O=C(OCC1CCCC1)c1ccc(NCCO)cc1. The van der Waals surface area contributed by atoms with Crippen LogP contribution >= 0.6 is 0 Å². The Morgan fingerprint density at radius 2 is 1.95 bits per heavy atom. The Kier molecular flexibility index (Phi) is 5.21. The van der Waals surface area contributed by atoms with Crippen molar-refractivity contribution in [3.05, 3.63) is 29.8 Å². The normalized spacial score (nSPS) is 15.4. The number of aliphatic hydroxyl groups excluding tert-OH is 1. The molecule has 0 amide bonds. The molecule has 0 radical (unpaired) electrons. The molecule has 104 valence electrons. The van der Waals surface area contributed by atoms with Crippen LogP contribution in [-0.4, -0.2) is 30.8 Å². The third-order valence-electron chi connectivity index (χ3n) is 3.49. The van der Waals surface area contributed by atoms with Crippen molar-refractivity contribution in [1.29, 1.82) is 0 Å². The molecule has 1 aromatic rings. The lowest BCUT2D eigenvalue weighted by atomic mass is 10.1. The lowest BCUT2D eigenvalue weighted by Crippen LogP contribution is -2.12. The fourth-order valence-electron chi connectivity index (χ4n) is 2.38. The van der Waals surface area contributed by atoms with Gasteiger partial charge in [0, 0.05) is 12.2 Å². The largest absolute Gasteiger partial charge is 0.462 e. The molecular formula is C15H21NO3. The molecule has 4 nitrogen and oxygen atoms in total. The van der Waals surface area contributed by atoms with Gasteiger partial charge in [-0.2, -0.15) is 0 Å². The second kappa shape index (κ2) is 7.14. The Morgan fingerprint density at radius 1 is 1.26 bits per heavy atom. The molecular weight excluding hydrogens is 242 g/mol. The van der Waals surface area contributed by atoms with Crippen LogP contribution in [0.25, 0.3) is 0 Å². The van der Waals surface area contributed by atoms with Gasteiger partial charge >= 0.3 is 5.97 Å². The van der Waals surface area contributed by atoms with Gasteiger partial charge in [-0.3, -0.25) is 0 Å². The minimum atomic E-state index is -0.249. The molecule has 2 N–H and O–H groups in total. The number of aliphatic hydroxyl groups is 1. The predicted molar refractivity (Wildman–Crippen MR) is 74.3 cm³/mol. The maximum Gasteiger partial charge on any atom is 0.338 e. The Bertz CT molecular complexity index is 396. The van der Waals surface area contributed by atoms with Crippen molar-refractivity contribution in [3.63, 3.8) is 0 Å². The van der Waals surface area contributed by atoms with Gasteiger partial charge in [-0.05, 0) is 43.0 Å². The minimum absolute atomic E-state index is 0.0885. The van der Waals surface area contributed by atoms with E-state index in [1.54, 1.807) is 12.1 Å². The number of anilines is 1. The quantitative estimate of drug-likeness (QED) is 0.774. The summed E-state index contributed by atoms with van der Waals surface area (Å²) in [6.45, 7) is 1.14. The van der Waals surface area contributed by atoms with E-state index in [4.69, 9.17) is 9.84 Å². The molecule has 1 aromatic carbocycles. The Labute approximate surface area is 113 Å². The Balaban J connectivity index is 1.81. The average molecular weight is 263 g/mol. The van der Waals surface area contributed by atoms with Crippen molar-refractivity contribution in [3.8, 4) is 0 Å². The topological polar surface area (TPSA) is 58.6 Å². The number of nitrogens with one attached hydrogen (secondary N) is 1. The molecule has 0 bridgehead atoms. The molecule has 0 spiro atoms. The first-order valence-electron chi connectivity index (χ1n) is 6.91. The van der Waals surface area contributed by atoms with Gasteiger partial charge in [0.25, 0.3) is 0 Å². The number of ether oxygens (including phenoxy) is 1. The van der Waals surface area contributed by atoms with Gasteiger partial charge in [0.2, 0.25) is 0 Å². The predicted octanol–water partition coefficient (Wildman–Crippen LogP) is 2.44. The highest BCUT2D eigenvalue weighted by molar-refractivity contribution is 5.89. The first-order chi connectivity index (χ1) is 9.29. The highest BCUT2D eigenvalue weighted by Crippen LogP contribution is 2.25. The van der Waals surface area contributed by atoms with Gasteiger partial charge in [0.1, 0.15) is 0 Å². The fourth-order valence-corrected chi connectivity index (χ4v) is 2.38. The van der Waals surface area contributed by atoms with Crippen LogP contribution in [0.4, 0.5) is 5.69 Å². The number of hydrogen-bond acceptors (Lipinski definition) is 4. The van der Waals surface area contributed by atoms with Crippen molar-refractivity contribution in [2.45, 2.75) is 25.7 Å². The van der Waals surface area contributed by atoms with Crippen LogP contribution in [0.5, 0.6) is 0 Å². The zero-order chi connectivity index (χ0) is 13.5. The second-order valence-electron chi connectivity index (χ2n) is 4.98. The molecule has 1 aliphatic carbocycles. The molecule has 1 fully saturated rings. The maximum absolute atomic E-state index is 11.8. The number of carbonyl (C=O) groups is 1. The monoisotopic (exact) mass is 263 g/mol. The van der Waals surface area contributed by atoms with Gasteiger partial charge in [0.15, 0.2) is 0 Å². The van der Waals surface area contributed by atoms with E-state index in [9.17, 15) is 4.79 Å². The molecule has 0 heterocycles. The molecule has 0 atom stereocenters. The van der Waals surface area contributed by atoms with Crippen LogP contribution in [-0.2, 0) is 4.74 Å². The molecule has 0 unspecified atom stereocenters. The first kappa shape index (κ1) is 13.9. The van der Waals surface area contributed by atoms with E-state index in [-0.39, 0.29) is 12.6 Å². The van der Waals surface area contributed by atoms with Crippen LogP contribution in [0, 0.1) is 5.92 Å². The van der Waals surface area contributed by atoms with Gasteiger partial charge in [-0.15, -0.1) is 0 Å². The molecule has 0 saturated heterocycles. The second-order valence-corrected chi connectivity index (χ2v) is 4.98. The third kappa shape index (κ3) is 4.24. The lowest BCUT2D eigenvalue weighted by molar-refractivity contribution is 0.0442. The average Bonchev–Trinajstić information content (AvgIpc) is 2.96. The molecule has 1 aliphatic rings. The summed E-state index contributed by atoms with van der Waals surface area (Å²) in [6, 6.07) is 7.14. The molecule has 19 heavy (non-hydrogen) atoms. The van der Waals surface area contributed by atoms with E-state index in [2.05, 4.69) is 5.32 Å². The third-order valence-corrected chi connectivity index (χ3v) is 3.49. The molecule has 4 heteroatoms. The van der Waals surface area contributed by atoms with E-state index in [1.807, 2.05) is 12.1 Å². The zero-order valence-electron chi connectivity index (χ0n) is 11.1. The van der Waals surface area contributed by atoms with E-state index < -0.39 is 0 Å². The van der Waals surface area contributed by atoms with E-state index >= 15 is 0 Å². The minimum Gasteiger partial charge on any atom is -0.462 e. The van der Waals surface area contributed by atoms with Gasteiger partial charge in [-0.25, -0.2) is 4.79 Å². The first-order valence-corrected chi connectivity index (χ1v) is 6.91. The molecule has 0 aliphatic heterocycles. The van der Waals surface area contributed by atoms with Crippen molar-refractivity contribution in [2.24, 2.45) is 5.92 Å². The summed E-state index contributed by atoms with van der Waals surface area (Å²) in [5.74, 6) is 0.301. The summed E-state index contributed by atoms with van der Waals surface area (Å²) >= 11 is 0. The number of rotatable bonds is 6. The number of benzene rings is 1. The summed E-state index contributed by atoms with van der Waals surface area (Å²) in [5, 5.41) is 11.7. The van der Waals surface area contributed by atoms with E-state index in [0.29, 0.717) is 24.6 Å². The van der Waals surface area contributed by atoms with Crippen LogP contribution in [0.1, 0.15) is 36.0 Å². The van der Waals surface area contributed by atoms with Crippen LogP contribution in [0.15, 0.2) is 24.3 Å². The highest BCUT2D eigenvalue weighted by atomic mass is 16.5. The fraction of sp³-hybridized carbons (Fsp3) is 0.533. The Hall–Kier alpha value is -1.55. The highest BCUT2D eigenvalue weighted by Gasteiger charge is 2.17. The molecule has 2 rings (SSSR count). The van der Waals surface area contributed by atoms with E-state index in [1.165, 1.54) is 25.7 Å².